The lowest BCUT2D eigenvalue weighted by Crippen LogP contribution is -2.18. The quantitative estimate of drug-likeness (QED) is 0.335. The van der Waals surface area contributed by atoms with Crippen LogP contribution in [0.1, 0.15) is 22.8 Å². The highest BCUT2D eigenvalue weighted by Gasteiger charge is 2.12. The zero-order chi connectivity index (χ0) is 19.1. The SMILES string of the molecule is COc1cc(/C=N\NC(=O)c2cc(Br)ccc2OC)ccc1OC(C)=O. The van der Waals surface area contributed by atoms with Crippen LogP contribution in [0.4, 0.5) is 0 Å². The first-order chi connectivity index (χ1) is 12.4. The van der Waals surface area contributed by atoms with Gasteiger partial charge >= 0.3 is 5.97 Å². The fourth-order valence-electron chi connectivity index (χ4n) is 2.09. The Morgan fingerprint density at radius 2 is 1.73 bits per heavy atom. The molecule has 0 fully saturated rings. The van der Waals surface area contributed by atoms with Crippen LogP contribution in [-0.4, -0.2) is 32.3 Å². The van der Waals surface area contributed by atoms with E-state index in [4.69, 9.17) is 14.2 Å². The fourth-order valence-corrected chi connectivity index (χ4v) is 2.45. The zero-order valence-corrected chi connectivity index (χ0v) is 16.0. The molecule has 0 aliphatic carbocycles. The van der Waals surface area contributed by atoms with E-state index in [-0.39, 0.29) is 0 Å². The molecule has 1 N–H and O–H groups in total. The van der Waals surface area contributed by atoms with Gasteiger partial charge in [0.25, 0.3) is 5.91 Å². The molecule has 1 amide bonds. The average molecular weight is 421 g/mol. The van der Waals surface area contributed by atoms with Gasteiger partial charge in [0.15, 0.2) is 11.5 Å². The molecule has 0 unspecified atom stereocenters. The second kappa shape index (κ2) is 9.00. The Bertz CT molecular complexity index is 851. The average Bonchev–Trinajstić information content (AvgIpc) is 2.62. The molecule has 0 saturated heterocycles. The molecule has 0 aliphatic heterocycles. The van der Waals surface area contributed by atoms with E-state index in [0.717, 1.165) is 4.47 Å². The Labute approximate surface area is 159 Å². The molecular weight excluding hydrogens is 404 g/mol. The molecule has 0 aliphatic rings. The summed E-state index contributed by atoms with van der Waals surface area (Å²) in [6, 6.07) is 9.99. The molecule has 0 spiro atoms. The Balaban J connectivity index is 2.12. The number of hydrazone groups is 1. The van der Waals surface area contributed by atoms with Crippen molar-refractivity contribution in [3.05, 3.63) is 52.0 Å². The number of ether oxygens (including phenoxy) is 3. The van der Waals surface area contributed by atoms with Gasteiger partial charge in [0, 0.05) is 11.4 Å². The fraction of sp³-hybridized carbons (Fsp3) is 0.167. The maximum absolute atomic E-state index is 12.3. The number of methoxy groups -OCH3 is 2. The lowest BCUT2D eigenvalue weighted by atomic mass is 10.2. The number of halogens is 1. The molecule has 0 aromatic heterocycles. The monoisotopic (exact) mass is 420 g/mol. The van der Waals surface area contributed by atoms with Gasteiger partial charge in [0.05, 0.1) is 26.0 Å². The number of esters is 1. The number of hydrogen-bond acceptors (Lipinski definition) is 6. The van der Waals surface area contributed by atoms with Gasteiger partial charge in [-0.15, -0.1) is 0 Å². The third-order valence-electron chi connectivity index (χ3n) is 3.23. The molecule has 0 heterocycles. The van der Waals surface area contributed by atoms with Crippen LogP contribution in [0.25, 0.3) is 0 Å². The van der Waals surface area contributed by atoms with Gasteiger partial charge < -0.3 is 14.2 Å². The van der Waals surface area contributed by atoms with Crippen LogP contribution in [0, 0.1) is 0 Å². The van der Waals surface area contributed by atoms with Crippen molar-refractivity contribution in [2.24, 2.45) is 5.10 Å². The van der Waals surface area contributed by atoms with E-state index in [9.17, 15) is 9.59 Å². The van der Waals surface area contributed by atoms with Crippen molar-refractivity contribution in [1.82, 2.24) is 5.43 Å². The zero-order valence-electron chi connectivity index (χ0n) is 14.4. The Kier molecular flexibility index (Phi) is 6.74. The van der Waals surface area contributed by atoms with Crippen molar-refractivity contribution in [3.8, 4) is 17.2 Å². The van der Waals surface area contributed by atoms with E-state index >= 15 is 0 Å². The molecule has 7 nitrogen and oxygen atoms in total. The third kappa shape index (κ3) is 5.06. The van der Waals surface area contributed by atoms with E-state index in [1.807, 2.05) is 0 Å². The number of nitrogens with zero attached hydrogens (tertiary/aromatic N) is 1. The van der Waals surface area contributed by atoms with E-state index < -0.39 is 11.9 Å². The standard InChI is InChI=1S/C18H17BrN2O5/c1-11(22)26-16-6-4-12(8-17(16)25-3)10-20-21-18(23)14-9-13(19)5-7-15(14)24-2/h4-10H,1-3H3,(H,21,23)/b20-10-. The number of benzene rings is 2. The molecular formula is C18H17BrN2O5. The third-order valence-corrected chi connectivity index (χ3v) is 3.72. The van der Waals surface area contributed by atoms with Gasteiger partial charge in [-0.2, -0.15) is 5.10 Å². The van der Waals surface area contributed by atoms with E-state index in [0.29, 0.717) is 28.4 Å². The van der Waals surface area contributed by atoms with Crippen molar-refractivity contribution >= 4 is 34.0 Å². The molecule has 0 saturated carbocycles. The van der Waals surface area contributed by atoms with Crippen LogP contribution >= 0.6 is 15.9 Å². The van der Waals surface area contributed by atoms with Crippen LogP contribution in [0.15, 0.2) is 46.0 Å². The smallest absolute Gasteiger partial charge is 0.308 e. The summed E-state index contributed by atoms with van der Waals surface area (Å²) in [6.07, 6.45) is 1.45. The maximum Gasteiger partial charge on any atom is 0.308 e. The molecule has 26 heavy (non-hydrogen) atoms. The normalized spacial score (nSPS) is 10.5. The van der Waals surface area contributed by atoms with Crippen LogP contribution < -0.4 is 19.6 Å². The molecule has 0 atom stereocenters. The number of carbonyl (C=O) groups is 2. The largest absolute Gasteiger partial charge is 0.496 e. The first-order valence-corrected chi connectivity index (χ1v) is 8.27. The second-order valence-corrected chi connectivity index (χ2v) is 5.96. The lowest BCUT2D eigenvalue weighted by Gasteiger charge is -2.08. The minimum absolute atomic E-state index is 0.306. The van der Waals surface area contributed by atoms with Crippen molar-refractivity contribution in [2.45, 2.75) is 6.92 Å². The predicted octanol–water partition coefficient (Wildman–Crippen LogP) is 3.16. The number of nitrogens with one attached hydrogen (secondary N) is 1. The minimum Gasteiger partial charge on any atom is -0.496 e. The number of hydrogen-bond donors (Lipinski definition) is 1. The summed E-state index contributed by atoms with van der Waals surface area (Å²) in [5.74, 6) is 0.264. The van der Waals surface area contributed by atoms with Gasteiger partial charge in [0.2, 0.25) is 0 Å². The Hall–Kier alpha value is -2.87. The summed E-state index contributed by atoms with van der Waals surface area (Å²) >= 11 is 3.31. The number of carbonyl (C=O) groups excluding carboxylic acids is 2. The lowest BCUT2D eigenvalue weighted by molar-refractivity contribution is -0.132. The molecule has 0 bridgehead atoms. The highest BCUT2D eigenvalue weighted by Crippen LogP contribution is 2.27. The van der Waals surface area contributed by atoms with Crippen molar-refractivity contribution in [2.75, 3.05) is 14.2 Å². The molecule has 2 rings (SSSR count). The van der Waals surface area contributed by atoms with Gasteiger partial charge in [-0.25, -0.2) is 5.43 Å². The summed E-state index contributed by atoms with van der Waals surface area (Å²) in [5.41, 5.74) is 3.44. The van der Waals surface area contributed by atoms with Crippen molar-refractivity contribution in [1.29, 1.82) is 0 Å². The number of rotatable bonds is 6. The summed E-state index contributed by atoms with van der Waals surface area (Å²) < 4.78 is 16.1. The van der Waals surface area contributed by atoms with Crippen molar-refractivity contribution < 1.29 is 23.8 Å². The molecule has 2 aromatic carbocycles. The molecule has 0 radical (unpaired) electrons. The highest BCUT2D eigenvalue weighted by atomic mass is 79.9. The van der Waals surface area contributed by atoms with Gasteiger partial charge in [0.1, 0.15) is 5.75 Å². The molecule has 8 heteroatoms. The van der Waals surface area contributed by atoms with Crippen LogP contribution in [0.5, 0.6) is 17.2 Å². The van der Waals surface area contributed by atoms with Gasteiger partial charge in [-0.05, 0) is 42.0 Å². The van der Waals surface area contributed by atoms with Crippen LogP contribution in [0.3, 0.4) is 0 Å². The molecule has 136 valence electrons. The maximum atomic E-state index is 12.3. The predicted molar refractivity (Wildman–Crippen MR) is 100 cm³/mol. The molecule has 2 aromatic rings. The first kappa shape index (κ1) is 19.5. The summed E-state index contributed by atoms with van der Waals surface area (Å²) in [6.45, 7) is 1.31. The van der Waals surface area contributed by atoms with Crippen molar-refractivity contribution in [3.63, 3.8) is 0 Å². The first-order valence-electron chi connectivity index (χ1n) is 7.48. The minimum atomic E-state index is -0.444. The van der Waals surface area contributed by atoms with Crippen LogP contribution in [0.2, 0.25) is 0 Å². The number of amides is 1. The van der Waals surface area contributed by atoms with Gasteiger partial charge in [-0.1, -0.05) is 15.9 Å². The van der Waals surface area contributed by atoms with E-state index in [1.165, 1.54) is 27.4 Å². The van der Waals surface area contributed by atoms with E-state index in [2.05, 4.69) is 26.5 Å². The Morgan fingerprint density at radius 3 is 2.38 bits per heavy atom. The summed E-state index contributed by atoms with van der Waals surface area (Å²) in [7, 11) is 2.95. The van der Waals surface area contributed by atoms with Gasteiger partial charge in [-0.3, -0.25) is 9.59 Å². The van der Waals surface area contributed by atoms with E-state index in [1.54, 1.807) is 36.4 Å². The van der Waals surface area contributed by atoms with Crippen LogP contribution in [-0.2, 0) is 4.79 Å². The second-order valence-electron chi connectivity index (χ2n) is 5.05. The highest BCUT2D eigenvalue weighted by molar-refractivity contribution is 9.10. The summed E-state index contributed by atoms with van der Waals surface area (Å²) in [5, 5.41) is 3.93. The topological polar surface area (TPSA) is 86.2 Å². The summed E-state index contributed by atoms with van der Waals surface area (Å²) in [4.78, 5) is 23.3. The Morgan fingerprint density at radius 1 is 1.04 bits per heavy atom.